The summed E-state index contributed by atoms with van der Waals surface area (Å²) in [6.45, 7) is 0.201. The molecule has 52 heavy (non-hydrogen) atoms. The van der Waals surface area contributed by atoms with Crippen LogP contribution in [0.4, 0.5) is 0 Å². The zero-order valence-corrected chi connectivity index (χ0v) is 35.7. The molecule has 0 fully saturated rings. The summed E-state index contributed by atoms with van der Waals surface area (Å²) in [7, 11) is 0. The summed E-state index contributed by atoms with van der Waals surface area (Å²) in [5.41, 5.74) is 2.04. The molecule has 8 rings (SSSR count). The summed E-state index contributed by atoms with van der Waals surface area (Å²) in [4.78, 5) is 26.0. The van der Waals surface area contributed by atoms with Crippen molar-refractivity contribution >= 4 is 125 Å². The first-order chi connectivity index (χ1) is 24.8. The van der Waals surface area contributed by atoms with Crippen LogP contribution in [-0.2, 0) is 28.9 Å². The molecule has 4 heterocycles. The van der Waals surface area contributed by atoms with Gasteiger partial charge in [-0.2, -0.15) is 0 Å². The first kappa shape index (κ1) is 39.8. The van der Waals surface area contributed by atoms with Gasteiger partial charge >= 0.3 is 0 Å². The molecular formula is C34H24Br6N4O8. The van der Waals surface area contributed by atoms with Crippen molar-refractivity contribution in [3.63, 3.8) is 0 Å². The monoisotopic (exact) mass is 1090 g/mol. The molecule has 0 unspecified atom stereocenters. The van der Waals surface area contributed by atoms with Crippen molar-refractivity contribution in [3.05, 3.63) is 104 Å². The van der Waals surface area contributed by atoms with Crippen molar-refractivity contribution in [2.45, 2.75) is 19.3 Å². The van der Waals surface area contributed by atoms with E-state index in [-0.39, 0.29) is 64.0 Å². The normalized spacial score (nSPS) is 15.8. The molecule has 0 radical (unpaired) electrons. The van der Waals surface area contributed by atoms with Crippen LogP contribution in [0.3, 0.4) is 0 Å². The van der Waals surface area contributed by atoms with Gasteiger partial charge in [-0.15, -0.1) is 0 Å². The quantitative estimate of drug-likeness (QED) is 0.0744. The Morgan fingerprint density at radius 2 is 1.06 bits per heavy atom. The van der Waals surface area contributed by atoms with Gasteiger partial charge in [0.2, 0.25) is 0 Å². The van der Waals surface area contributed by atoms with Gasteiger partial charge in [0.25, 0.3) is 11.8 Å². The highest BCUT2D eigenvalue weighted by Crippen LogP contribution is 2.45. The van der Waals surface area contributed by atoms with E-state index in [1.807, 2.05) is 0 Å². The smallest absolute Gasteiger partial charge is 0.273 e. The minimum atomic E-state index is -0.673. The number of nitrogens with one attached hydrogen (secondary N) is 2. The molecule has 18 heteroatoms. The number of hydrogen-bond acceptors (Lipinski definition) is 10. The van der Waals surface area contributed by atoms with Crippen LogP contribution in [0.25, 0.3) is 6.08 Å². The van der Waals surface area contributed by atoms with Crippen LogP contribution < -0.4 is 20.1 Å². The summed E-state index contributed by atoms with van der Waals surface area (Å²) in [6, 6.07) is 13.2. The molecule has 0 saturated carbocycles. The number of hydrogen-bond donors (Lipinski definition) is 6. The molecule has 4 aliphatic rings. The Morgan fingerprint density at radius 3 is 1.62 bits per heavy atom. The Kier molecular flexibility index (Phi) is 13.5. The van der Waals surface area contributed by atoms with Crippen molar-refractivity contribution in [1.29, 1.82) is 0 Å². The maximum absolute atomic E-state index is 13.0. The molecule has 0 atom stereocenters. The van der Waals surface area contributed by atoms with E-state index in [4.69, 9.17) is 9.47 Å². The molecule has 2 amide bonds. The van der Waals surface area contributed by atoms with Crippen molar-refractivity contribution in [1.82, 2.24) is 10.6 Å². The summed E-state index contributed by atoms with van der Waals surface area (Å²) in [5.74, 6) is -0.872. The minimum absolute atomic E-state index is 0.0320. The van der Waals surface area contributed by atoms with E-state index in [1.165, 1.54) is 12.3 Å². The van der Waals surface area contributed by atoms with E-state index in [2.05, 4.69) is 117 Å². The van der Waals surface area contributed by atoms with Crippen LogP contribution in [0.5, 0.6) is 34.5 Å². The summed E-state index contributed by atoms with van der Waals surface area (Å²) < 4.78 is 14.7. The summed E-state index contributed by atoms with van der Waals surface area (Å²) in [6.07, 6.45) is 3.15. The van der Waals surface area contributed by atoms with E-state index in [1.54, 1.807) is 48.5 Å². The Labute approximate surface area is 346 Å². The lowest BCUT2D eigenvalue weighted by Gasteiger charge is -2.16. The van der Waals surface area contributed by atoms with Crippen LogP contribution in [0.2, 0.25) is 0 Å². The molecule has 0 saturated heterocycles. The number of rotatable bonds is 0. The molecule has 0 aliphatic carbocycles. The Bertz CT molecular complexity index is 2130. The van der Waals surface area contributed by atoms with Crippen molar-refractivity contribution in [3.8, 4) is 34.5 Å². The third-order valence-electron chi connectivity index (χ3n) is 7.38. The first-order valence-corrected chi connectivity index (χ1v) is 19.6. The fraction of sp³-hybridized carbons (Fsp3) is 0.118. The number of carbonyl (C=O) groups is 2. The van der Waals surface area contributed by atoms with E-state index in [0.29, 0.717) is 51.2 Å². The van der Waals surface area contributed by atoms with E-state index in [9.17, 15) is 30.2 Å². The molecule has 0 aromatic heterocycles. The standard InChI is InChI=1S/C34H24Br6N4O8/c35-19-5-16-2-4-42-33(47)25(43-49)11-17-9-23(39)32(24(40)10-17)52-28-14-18(8-20(36)30(28)46)12-26(44-50)34(48)41-3-1-15-6-21(37)31(22(38)7-15)51-27(13-16)29(19)45/h2,4-10,13-14,45-46,49-50H,1,3,11-12H2,(H,41,48)(H,42,47). The number of benzene rings is 4. The second-order valence-electron chi connectivity index (χ2n) is 11.0. The molecule has 4 aliphatic heterocycles. The van der Waals surface area contributed by atoms with Crippen LogP contribution in [-0.4, -0.2) is 50.4 Å². The lowest BCUT2D eigenvalue weighted by molar-refractivity contribution is -0.115. The average molecular weight is 1100 g/mol. The van der Waals surface area contributed by atoms with Crippen molar-refractivity contribution in [2.24, 2.45) is 10.3 Å². The van der Waals surface area contributed by atoms with Crippen molar-refractivity contribution in [2.75, 3.05) is 6.54 Å². The molecule has 12 nitrogen and oxygen atoms in total. The number of halogens is 6. The second-order valence-corrected chi connectivity index (χ2v) is 16.1. The van der Waals surface area contributed by atoms with Gasteiger partial charge in [-0.1, -0.05) is 10.3 Å². The molecule has 270 valence electrons. The summed E-state index contributed by atoms with van der Waals surface area (Å²) >= 11 is 20.6. The third kappa shape index (κ3) is 9.57. The van der Waals surface area contributed by atoms with Gasteiger partial charge in [0.1, 0.15) is 11.4 Å². The Morgan fingerprint density at radius 1 is 0.596 bits per heavy atom. The minimum Gasteiger partial charge on any atom is -0.503 e. The van der Waals surface area contributed by atoms with Gasteiger partial charge in [-0.25, -0.2) is 0 Å². The number of phenolic OH excluding ortho intramolecular Hbond substituents is 2. The molecule has 0 spiro atoms. The fourth-order valence-electron chi connectivity index (χ4n) is 4.89. The van der Waals surface area contributed by atoms with E-state index in [0.717, 1.165) is 5.56 Å². The number of carbonyl (C=O) groups excluding carboxylic acids is 2. The van der Waals surface area contributed by atoms with Gasteiger partial charge in [-0.3, -0.25) is 9.59 Å². The van der Waals surface area contributed by atoms with Gasteiger partial charge in [0.15, 0.2) is 34.5 Å². The maximum atomic E-state index is 13.0. The Hall–Kier alpha value is -3.42. The molecule has 4 aromatic rings. The Balaban J connectivity index is 1.52. The zero-order valence-electron chi connectivity index (χ0n) is 26.2. The highest BCUT2D eigenvalue weighted by molar-refractivity contribution is 9.11. The summed E-state index contributed by atoms with van der Waals surface area (Å²) in [5, 5.41) is 52.8. The largest absolute Gasteiger partial charge is 0.503 e. The lowest BCUT2D eigenvalue weighted by atomic mass is 10.1. The van der Waals surface area contributed by atoms with Gasteiger partial charge in [-0.05, 0) is 179 Å². The van der Waals surface area contributed by atoms with Gasteiger partial charge < -0.3 is 40.7 Å². The van der Waals surface area contributed by atoms with Crippen LogP contribution >= 0.6 is 95.6 Å². The molecule has 8 bridgehead atoms. The maximum Gasteiger partial charge on any atom is 0.273 e. The highest BCUT2D eigenvalue weighted by Gasteiger charge is 2.21. The number of phenols is 2. The number of aromatic hydroxyl groups is 2. The predicted octanol–water partition coefficient (Wildman–Crippen LogP) is 9.46. The third-order valence-corrected chi connectivity index (χ3v) is 10.9. The number of ether oxygens (including phenoxy) is 2. The zero-order chi connectivity index (χ0) is 37.7. The highest BCUT2D eigenvalue weighted by atomic mass is 79.9. The van der Waals surface area contributed by atoms with Gasteiger partial charge in [0, 0.05) is 25.6 Å². The first-order valence-electron chi connectivity index (χ1n) is 14.8. The van der Waals surface area contributed by atoms with Crippen molar-refractivity contribution < 1.29 is 39.7 Å². The topological polar surface area (TPSA) is 182 Å². The second kappa shape index (κ2) is 17.6. The lowest BCUT2D eigenvalue weighted by Crippen LogP contribution is -2.33. The van der Waals surface area contributed by atoms with Crippen LogP contribution in [0.15, 0.2) is 91.9 Å². The SMILES string of the molecule is O=C1NC=Cc2cc(Br)c(O)c(c2)Oc2c(Br)cc(cc2Br)CCNC(=O)C(=NO)Cc2cc(Br)c(O)c(c2)Oc2c(Br)cc(cc2Br)CC1=NO. The molecule has 6 N–H and O–H groups in total. The fourth-order valence-corrected chi connectivity index (χ4v) is 8.72. The van der Waals surface area contributed by atoms with E-state index >= 15 is 0 Å². The number of amides is 2. The number of nitrogens with zero attached hydrogens (tertiary/aromatic N) is 2. The average Bonchev–Trinajstić information content (AvgIpc) is 3.09. The van der Waals surface area contributed by atoms with Crippen LogP contribution in [0.1, 0.15) is 22.3 Å². The molecular weight excluding hydrogens is 1070 g/mol. The van der Waals surface area contributed by atoms with E-state index < -0.39 is 11.8 Å². The number of oxime groups is 2. The molecule has 4 aromatic carbocycles. The van der Waals surface area contributed by atoms with Crippen LogP contribution in [0, 0.1) is 0 Å². The van der Waals surface area contributed by atoms with Gasteiger partial charge in [0.05, 0.1) is 26.8 Å². The predicted molar refractivity (Wildman–Crippen MR) is 215 cm³/mol.